The van der Waals surface area contributed by atoms with Gasteiger partial charge in [0.05, 0.1) is 0 Å². The van der Waals surface area contributed by atoms with Gasteiger partial charge < -0.3 is 0 Å². The molecule has 2 nitrogen and oxygen atoms in total. The van der Waals surface area contributed by atoms with Crippen molar-refractivity contribution in [2.45, 2.75) is 52.6 Å². The third kappa shape index (κ3) is 2.81. The molecule has 2 heteroatoms. The lowest BCUT2D eigenvalue weighted by molar-refractivity contribution is 0.112. The molecule has 0 radical (unpaired) electrons. The summed E-state index contributed by atoms with van der Waals surface area (Å²) in [5, 5.41) is 0. The Morgan fingerprint density at radius 3 is 2.78 bits per heavy atom. The molecule has 1 aromatic carbocycles. The Bertz CT molecular complexity index is 439. The van der Waals surface area contributed by atoms with Crippen molar-refractivity contribution < 1.29 is 4.79 Å². The van der Waals surface area contributed by atoms with Crippen molar-refractivity contribution in [3.05, 3.63) is 34.4 Å². The summed E-state index contributed by atoms with van der Waals surface area (Å²) >= 11 is 0. The maximum absolute atomic E-state index is 11.1. The number of rotatable bonds is 3. The van der Waals surface area contributed by atoms with E-state index >= 15 is 0 Å². The highest BCUT2D eigenvalue weighted by molar-refractivity contribution is 5.78. The third-order valence-electron chi connectivity index (χ3n) is 4.14. The second kappa shape index (κ2) is 5.66. The molecular weight excluding hydrogens is 222 g/mol. The Balaban J connectivity index is 2.22. The fourth-order valence-corrected chi connectivity index (χ4v) is 2.86. The van der Waals surface area contributed by atoms with Crippen LogP contribution in [0.3, 0.4) is 0 Å². The molecule has 1 aliphatic rings. The van der Waals surface area contributed by atoms with E-state index in [2.05, 4.69) is 31.7 Å². The van der Waals surface area contributed by atoms with Crippen LogP contribution in [0.2, 0.25) is 0 Å². The maximum atomic E-state index is 11.1. The lowest BCUT2D eigenvalue weighted by Gasteiger charge is -2.33. The predicted molar refractivity (Wildman–Crippen MR) is 75.0 cm³/mol. The molecule has 0 unspecified atom stereocenters. The van der Waals surface area contributed by atoms with Crippen LogP contribution in [0.25, 0.3) is 0 Å². The highest BCUT2D eigenvalue weighted by Crippen LogP contribution is 2.22. The van der Waals surface area contributed by atoms with Gasteiger partial charge >= 0.3 is 0 Å². The second-order valence-electron chi connectivity index (χ2n) is 5.57. The Hall–Kier alpha value is -1.15. The first kappa shape index (κ1) is 13.3. The fourth-order valence-electron chi connectivity index (χ4n) is 2.86. The van der Waals surface area contributed by atoms with E-state index in [0.29, 0.717) is 6.04 Å². The summed E-state index contributed by atoms with van der Waals surface area (Å²) in [5.74, 6) is 0. The van der Waals surface area contributed by atoms with Crippen molar-refractivity contribution in [2.24, 2.45) is 0 Å². The number of hydrogen-bond donors (Lipinski definition) is 0. The maximum Gasteiger partial charge on any atom is 0.150 e. The first-order chi connectivity index (χ1) is 8.61. The molecule has 0 aromatic heterocycles. The molecule has 0 amide bonds. The molecule has 0 spiro atoms. The molecule has 0 saturated carbocycles. The monoisotopic (exact) mass is 245 g/mol. The van der Waals surface area contributed by atoms with Gasteiger partial charge in [-0.05, 0) is 57.4 Å². The van der Waals surface area contributed by atoms with Gasteiger partial charge in [0.2, 0.25) is 0 Å². The van der Waals surface area contributed by atoms with E-state index in [4.69, 9.17) is 0 Å². The van der Waals surface area contributed by atoms with E-state index in [1.807, 2.05) is 6.07 Å². The highest BCUT2D eigenvalue weighted by Gasteiger charge is 2.19. The quantitative estimate of drug-likeness (QED) is 0.760. The number of aryl methyl sites for hydroxylation is 1. The summed E-state index contributed by atoms with van der Waals surface area (Å²) in [4.78, 5) is 13.6. The van der Waals surface area contributed by atoms with Crippen LogP contribution < -0.4 is 0 Å². The topological polar surface area (TPSA) is 20.3 Å². The molecule has 0 bridgehead atoms. The minimum atomic E-state index is 0.665. The van der Waals surface area contributed by atoms with Gasteiger partial charge in [0.1, 0.15) is 6.29 Å². The van der Waals surface area contributed by atoms with E-state index in [1.54, 1.807) is 0 Å². The zero-order valence-corrected chi connectivity index (χ0v) is 11.7. The first-order valence-electron chi connectivity index (χ1n) is 6.91. The molecule has 98 valence electrons. The Labute approximate surface area is 110 Å². The molecule has 18 heavy (non-hydrogen) atoms. The van der Waals surface area contributed by atoms with E-state index in [9.17, 15) is 4.79 Å². The molecule has 1 heterocycles. The average molecular weight is 245 g/mol. The van der Waals surface area contributed by atoms with E-state index in [-0.39, 0.29) is 0 Å². The van der Waals surface area contributed by atoms with Crippen molar-refractivity contribution in [1.29, 1.82) is 0 Å². The van der Waals surface area contributed by atoms with Crippen LogP contribution in [0.4, 0.5) is 0 Å². The van der Waals surface area contributed by atoms with Gasteiger partial charge in [-0.2, -0.15) is 0 Å². The lowest BCUT2D eigenvalue weighted by atomic mass is 9.97. The van der Waals surface area contributed by atoms with Gasteiger partial charge in [0.15, 0.2) is 0 Å². The van der Waals surface area contributed by atoms with E-state index in [1.165, 1.54) is 36.9 Å². The zero-order chi connectivity index (χ0) is 13.1. The normalized spacial score (nSPS) is 20.9. The number of carbonyl (C=O) groups excluding carboxylic acids is 1. The molecule has 1 aromatic rings. The van der Waals surface area contributed by atoms with E-state index < -0.39 is 0 Å². The van der Waals surface area contributed by atoms with Crippen molar-refractivity contribution in [2.75, 3.05) is 6.54 Å². The van der Waals surface area contributed by atoms with Crippen LogP contribution in [0.5, 0.6) is 0 Å². The van der Waals surface area contributed by atoms with Gasteiger partial charge in [0.25, 0.3) is 0 Å². The van der Waals surface area contributed by atoms with Crippen LogP contribution in [0.15, 0.2) is 12.1 Å². The van der Waals surface area contributed by atoms with Gasteiger partial charge in [-0.3, -0.25) is 9.69 Å². The Kier molecular flexibility index (Phi) is 4.18. The summed E-state index contributed by atoms with van der Waals surface area (Å²) in [5.41, 5.74) is 4.48. The number of nitrogens with zero attached hydrogens (tertiary/aromatic N) is 1. The molecule has 0 N–H and O–H groups in total. The van der Waals surface area contributed by atoms with Crippen LogP contribution in [-0.4, -0.2) is 23.8 Å². The summed E-state index contributed by atoms with van der Waals surface area (Å²) in [6.45, 7) is 8.61. The molecule has 1 fully saturated rings. The molecule has 0 aliphatic carbocycles. The number of hydrogen-bond acceptors (Lipinski definition) is 2. The van der Waals surface area contributed by atoms with Crippen LogP contribution in [0, 0.1) is 13.8 Å². The predicted octanol–water partition coefficient (Wildman–Crippen LogP) is 3.49. The van der Waals surface area contributed by atoms with Crippen molar-refractivity contribution in [3.8, 4) is 0 Å². The average Bonchev–Trinajstić information content (AvgIpc) is 2.36. The largest absolute Gasteiger partial charge is 0.298 e. The molecule has 1 saturated heterocycles. The van der Waals surface area contributed by atoms with Crippen molar-refractivity contribution in [1.82, 2.24) is 4.90 Å². The Morgan fingerprint density at radius 1 is 1.33 bits per heavy atom. The highest BCUT2D eigenvalue weighted by atomic mass is 16.1. The molecule has 1 aliphatic heterocycles. The summed E-state index contributed by atoms with van der Waals surface area (Å²) in [6.07, 6.45) is 4.93. The van der Waals surface area contributed by atoms with Gasteiger partial charge in [-0.15, -0.1) is 0 Å². The minimum absolute atomic E-state index is 0.665. The molecular formula is C16H23NO. The standard InChI is InChI=1S/C16H23NO/c1-12-8-15(14(3)16(9-12)11-18)10-17-7-5-4-6-13(17)2/h8-9,11,13H,4-7,10H2,1-3H3/t13-/m0/s1. The summed E-state index contributed by atoms with van der Waals surface area (Å²) in [6, 6.07) is 4.87. The lowest BCUT2D eigenvalue weighted by Crippen LogP contribution is -2.37. The van der Waals surface area contributed by atoms with E-state index in [0.717, 1.165) is 24.0 Å². The third-order valence-corrected chi connectivity index (χ3v) is 4.14. The minimum Gasteiger partial charge on any atom is -0.298 e. The first-order valence-corrected chi connectivity index (χ1v) is 6.91. The summed E-state index contributed by atoms with van der Waals surface area (Å²) in [7, 11) is 0. The van der Waals surface area contributed by atoms with Gasteiger partial charge in [-0.1, -0.05) is 18.1 Å². The smallest absolute Gasteiger partial charge is 0.150 e. The number of piperidine rings is 1. The van der Waals surface area contributed by atoms with Crippen LogP contribution in [-0.2, 0) is 6.54 Å². The Morgan fingerprint density at radius 2 is 2.11 bits per heavy atom. The number of carbonyl (C=O) groups is 1. The summed E-state index contributed by atoms with van der Waals surface area (Å²) < 4.78 is 0. The fraction of sp³-hybridized carbons (Fsp3) is 0.562. The van der Waals surface area contributed by atoms with Gasteiger partial charge in [-0.25, -0.2) is 0 Å². The van der Waals surface area contributed by atoms with Crippen LogP contribution in [0.1, 0.15) is 53.2 Å². The molecule has 1 atom stereocenters. The number of likely N-dealkylation sites (tertiary alicyclic amines) is 1. The number of aldehydes is 1. The van der Waals surface area contributed by atoms with Crippen molar-refractivity contribution in [3.63, 3.8) is 0 Å². The zero-order valence-electron chi connectivity index (χ0n) is 11.7. The van der Waals surface area contributed by atoms with Gasteiger partial charge in [0, 0.05) is 18.2 Å². The van der Waals surface area contributed by atoms with Crippen molar-refractivity contribution >= 4 is 6.29 Å². The van der Waals surface area contributed by atoms with Crippen LogP contribution >= 0.6 is 0 Å². The molecule has 2 rings (SSSR count). The SMILES string of the molecule is Cc1cc(C=O)c(C)c(CN2CCCC[C@@H]2C)c1. The number of benzene rings is 1. The second-order valence-corrected chi connectivity index (χ2v) is 5.57.